The molecule has 92 valence electrons. The van der Waals surface area contributed by atoms with E-state index in [4.69, 9.17) is 0 Å². The molecule has 1 aromatic carbocycles. The van der Waals surface area contributed by atoms with Crippen molar-refractivity contribution in [3.05, 3.63) is 35.8 Å². The standard InChI is InChI=1S/C13H13FN4/c1-3-18-12(6-8(2)17-18)13-15-10-5-4-9(14)7-11(10)16-13/h4-7H,3H2,1-2H3,(H,15,16). The summed E-state index contributed by atoms with van der Waals surface area (Å²) >= 11 is 0. The molecule has 0 aliphatic rings. The van der Waals surface area contributed by atoms with Gasteiger partial charge in [-0.05, 0) is 38.1 Å². The van der Waals surface area contributed by atoms with E-state index in [2.05, 4.69) is 15.1 Å². The second-order valence-electron chi connectivity index (χ2n) is 4.23. The summed E-state index contributed by atoms with van der Waals surface area (Å²) in [4.78, 5) is 7.59. The average Bonchev–Trinajstić information content (AvgIpc) is 2.91. The number of fused-ring (bicyclic) bond motifs is 1. The van der Waals surface area contributed by atoms with Crippen LogP contribution in [0.2, 0.25) is 0 Å². The highest BCUT2D eigenvalue weighted by Crippen LogP contribution is 2.21. The van der Waals surface area contributed by atoms with Crippen molar-refractivity contribution in [1.82, 2.24) is 19.7 Å². The summed E-state index contributed by atoms with van der Waals surface area (Å²) in [6.45, 7) is 4.74. The van der Waals surface area contributed by atoms with Gasteiger partial charge in [0.05, 0.1) is 16.7 Å². The number of hydrogen-bond acceptors (Lipinski definition) is 2. The number of H-pyrrole nitrogens is 1. The normalized spacial score (nSPS) is 11.3. The molecule has 0 fully saturated rings. The van der Waals surface area contributed by atoms with Crippen LogP contribution >= 0.6 is 0 Å². The van der Waals surface area contributed by atoms with Crippen LogP contribution in [0, 0.1) is 12.7 Å². The molecule has 4 nitrogen and oxygen atoms in total. The van der Waals surface area contributed by atoms with Gasteiger partial charge in [-0.1, -0.05) is 0 Å². The molecule has 0 saturated carbocycles. The number of imidazole rings is 1. The second-order valence-corrected chi connectivity index (χ2v) is 4.23. The van der Waals surface area contributed by atoms with Gasteiger partial charge in [0.25, 0.3) is 0 Å². The first-order valence-electron chi connectivity index (χ1n) is 5.87. The van der Waals surface area contributed by atoms with Crippen molar-refractivity contribution in [2.75, 3.05) is 0 Å². The Labute approximate surface area is 103 Å². The van der Waals surface area contributed by atoms with E-state index in [1.807, 2.05) is 24.6 Å². The van der Waals surface area contributed by atoms with Crippen LogP contribution in [0.4, 0.5) is 4.39 Å². The van der Waals surface area contributed by atoms with E-state index >= 15 is 0 Å². The van der Waals surface area contributed by atoms with Crippen LogP contribution in [-0.4, -0.2) is 19.7 Å². The van der Waals surface area contributed by atoms with E-state index in [0.29, 0.717) is 5.52 Å². The van der Waals surface area contributed by atoms with Gasteiger partial charge in [-0.2, -0.15) is 5.10 Å². The van der Waals surface area contributed by atoms with E-state index in [1.54, 1.807) is 6.07 Å². The fourth-order valence-corrected chi connectivity index (χ4v) is 2.08. The molecule has 0 aliphatic heterocycles. The average molecular weight is 244 g/mol. The van der Waals surface area contributed by atoms with Crippen molar-refractivity contribution in [2.45, 2.75) is 20.4 Å². The topological polar surface area (TPSA) is 46.5 Å². The number of benzene rings is 1. The summed E-state index contributed by atoms with van der Waals surface area (Å²) in [7, 11) is 0. The van der Waals surface area contributed by atoms with Gasteiger partial charge in [0, 0.05) is 6.54 Å². The summed E-state index contributed by atoms with van der Waals surface area (Å²) in [6.07, 6.45) is 0. The van der Waals surface area contributed by atoms with Gasteiger partial charge in [-0.3, -0.25) is 4.68 Å². The van der Waals surface area contributed by atoms with Gasteiger partial charge < -0.3 is 4.98 Å². The molecule has 18 heavy (non-hydrogen) atoms. The lowest BCUT2D eigenvalue weighted by Gasteiger charge is -1.99. The van der Waals surface area contributed by atoms with Crippen molar-refractivity contribution < 1.29 is 4.39 Å². The lowest BCUT2D eigenvalue weighted by Crippen LogP contribution is -1.99. The monoisotopic (exact) mass is 244 g/mol. The SMILES string of the molecule is CCn1nc(C)cc1-c1nc2ccc(F)cc2[nH]1. The van der Waals surface area contributed by atoms with E-state index in [1.165, 1.54) is 12.1 Å². The highest BCUT2D eigenvalue weighted by Gasteiger charge is 2.11. The van der Waals surface area contributed by atoms with E-state index in [0.717, 1.165) is 29.3 Å². The molecule has 0 bridgehead atoms. The van der Waals surface area contributed by atoms with Crippen molar-refractivity contribution in [3.63, 3.8) is 0 Å². The van der Waals surface area contributed by atoms with Crippen molar-refractivity contribution in [1.29, 1.82) is 0 Å². The lowest BCUT2D eigenvalue weighted by molar-refractivity contribution is 0.629. The maximum atomic E-state index is 13.1. The fourth-order valence-electron chi connectivity index (χ4n) is 2.08. The first kappa shape index (κ1) is 11.0. The van der Waals surface area contributed by atoms with Gasteiger partial charge in [-0.15, -0.1) is 0 Å². The van der Waals surface area contributed by atoms with E-state index in [-0.39, 0.29) is 5.82 Å². The number of halogens is 1. The molecule has 2 heterocycles. The smallest absolute Gasteiger partial charge is 0.156 e. The predicted octanol–water partition coefficient (Wildman–Crippen LogP) is 2.89. The van der Waals surface area contributed by atoms with Crippen molar-refractivity contribution >= 4 is 11.0 Å². The number of aromatic nitrogens is 4. The summed E-state index contributed by atoms with van der Waals surface area (Å²) in [5.41, 5.74) is 3.32. The first-order valence-corrected chi connectivity index (χ1v) is 5.87. The van der Waals surface area contributed by atoms with Gasteiger partial charge >= 0.3 is 0 Å². The molecule has 5 heteroatoms. The Morgan fingerprint density at radius 2 is 2.17 bits per heavy atom. The van der Waals surface area contributed by atoms with Crippen molar-refractivity contribution in [2.24, 2.45) is 0 Å². The molecular weight excluding hydrogens is 231 g/mol. The minimum Gasteiger partial charge on any atom is -0.337 e. The molecular formula is C13H13FN4. The van der Waals surface area contributed by atoms with Crippen LogP contribution in [0.1, 0.15) is 12.6 Å². The van der Waals surface area contributed by atoms with Gasteiger partial charge in [0.2, 0.25) is 0 Å². The Morgan fingerprint density at radius 3 is 2.94 bits per heavy atom. The molecule has 0 spiro atoms. The van der Waals surface area contributed by atoms with Crippen LogP contribution in [-0.2, 0) is 6.54 Å². The Bertz CT molecular complexity index is 711. The Kier molecular flexibility index (Phi) is 2.40. The van der Waals surface area contributed by atoms with Crippen LogP contribution in [0.3, 0.4) is 0 Å². The Morgan fingerprint density at radius 1 is 1.33 bits per heavy atom. The summed E-state index contributed by atoms with van der Waals surface area (Å²) in [5, 5.41) is 4.38. The highest BCUT2D eigenvalue weighted by molar-refractivity contribution is 5.78. The molecule has 0 amide bonds. The van der Waals surface area contributed by atoms with Gasteiger partial charge in [-0.25, -0.2) is 9.37 Å². The quantitative estimate of drug-likeness (QED) is 0.753. The molecule has 0 aliphatic carbocycles. The third-order valence-corrected chi connectivity index (χ3v) is 2.89. The van der Waals surface area contributed by atoms with Crippen LogP contribution in [0.5, 0.6) is 0 Å². The largest absolute Gasteiger partial charge is 0.337 e. The zero-order valence-corrected chi connectivity index (χ0v) is 10.2. The van der Waals surface area contributed by atoms with Crippen LogP contribution in [0.25, 0.3) is 22.6 Å². The third-order valence-electron chi connectivity index (χ3n) is 2.89. The highest BCUT2D eigenvalue weighted by atomic mass is 19.1. The Balaban J connectivity index is 2.18. The van der Waals surface area contributed by atoms with Crippen LogP contribution < -0.4 is 0 Å². The number of nitrogens with zero attached hydrogens (tertiary/aromatic N) is 3. The number of aryl methyl sites for hydroxylation is 2. The molecule has 1 N–H and O–H groups in total. The molecule has 3 aromatic rings. The maximum Gasteiger partial charge on any atom is 0.156 e. The van der Waals surface area contributed by atoms with E-state index in [9.17, 15) is 4.39 Å². The molecule has 0 atom stereocenters. The minimum absolute atomic E-state index is 0.266. The second kappa shape index (κ2) is 3.94. The zero-order valence-electron chi connectivity index (χ0n) is 10.2. The summed E-state index contributed by atoms with van der Waals surface area (Å²) < 4.78 is 15.0. The maximum absolute atomic E-state index is 13.1. The number of nitrogens with one attached hydrogen (secondary N) is 1. The number of hydrogen-bond donors (Lipinski definition) is 1. The fraction of sp³-hybridized carbons (Fsp3) is 0.231. The number of rotatable bonds is 2. The van der Waals surface area contributed by atoms with Crippen LogP contribution in [0.15, 0.2) is 24.3 Å². The molecule has 0 radical (unpaired) electrons. The van der Waals surface area contributed by atoms with Gasteiger partial charge in [0.1, 0.15) is 11.5 Å². The molecule has 0 unspecified atom stereocenters. The van der Waals surface area contributed by atoms with Crippen molar-refractivity contribution in [3.8, 4) is 11.5 Å². The van der Waals surface area contributed by atoms with Gasteiger partial charge in [0.15, 0.2) is 5.82 Å². The number of aromatic amines is 1. The minimum atomic E-state index is -0.266. The lowest BCUT2D eigenvalue weighted by atomic mass is 10.3. The molecule has 3 rings (SSSR count). The Hall–Kier alpha value is -2.17. The summed E-state index contributed by atoms with van der Waals surface area (Å²) in [5.74, 6) is 0.455. The van der Waals surface area contributed by atoms with E-state index < -0.39 is 0 Å². The predicted molar refractivity (Wildman–Crippen MR) is 67.7 cm³/mol. The third kappa shape index (κ3) is 1.68. The first-order chi connectivity index (χ1) is 8.67. The zero-order chi connectivity index (χ0) is 12.7. The molecule has 2 aromatic heterocycles. The molecule has 0 saturated heterocycles. The summed E-state index contributed by atoms with van der Waals surface area (Å²) in [6, 6.07) is 6.50.